The van der Waals surface area contributed by atoms with Crippen molar-refractivity contribution in [3.8, 4) is 11.5 Å². The van der Waals surface area contributed by atoms with Gasteiger partial charge in [-0.25, -0.2) is 14.5 Å². The number of anilines is 1. The summed E-state index contributed by atoms with van der Waals surface area (Å²) in [5.74, 6) is 3.32. The Morgan fingerprint density at radius 2 is 2.07 bits per heavy atom. The van der Waals surface area contributed by atoms with E-state index in [1.165, 1.54) is 17.8 Å². The number of aliphatic hydroxyl groups is 2. The standard InChI is InChI=1S/C17H25N4O7PSi/c1-17(23)13(22)11(8-27-29(24,25)26)28-16(17)21-7-10(5-6-30(2,3)4)12-14(18)19-9-20-15(12)21/h7,9,11,13,16,22-23H,8H2,1-4H3,(H2,18,19,20)(H2,24,25,26)/t11?,13?,16?,17-/m1/s1. The molecule has 0 aromatic carbocycles. The van der Waals surface area contributed by atoms with E-state index < -0.39 is 46.5 Å². The van der Waals surface area contributed by atoms with Gasteiger partial charge in [0.1, 0.15) is 43.7 Å². The Morgan fingerprint density at radius 1 is 1.40 bits per heavy atom. The first kappa shape index (κ1) is 22.9. The third-order valence-corrected chi connectivity index (χ3v) is 5.99. The molecule has 0 amide bonds. The highest BCUT2D eigenvalue weighted by Crippen LogP contribution is 2.43. The number of nitrogens with zero attached hydrogens (tertiary/aromatic N) is 3. The fraction of sp³-hybridized carbons (Fsp3) is 0.529. The zero-order chi connectivity index (χ0) is 22.5. The van der Waals surface area contributed by atoms with Gasteiger partial charge in [0, 0.05) is 6.20 Å². The summed E-state index contributed by atoms with van der Waals surface area (Å²) < 4.78 is 22.7. The van der Waals surface area contributed by atoms with E-state index >= 15 is 0 Å². The Balaban J connectivity index is 2.06. The van der Waals surface area contributed by atoms with Crippen LogP contribution in [0.1, 0.15) is 18.7 Å². The molecule has 1 aliphatic rings. The Labute approximate surface area is 174 Å². The second-order valence-electron chi connectivity index (χ2n) is 8.39. The lowest BCUT2D eigenvalue weighted by Crippen LogP contribution is -2.44. The van der Waals surface area contributed by atoms with Crippen LogP contribution in [0.4, 0.5) is 5.82 Å². The zero-order valence-corrected chi connectivity index (χ0v) is 18.9. The van der Waals surface area contributed by atoms with Gasteiger partial charge in [-0.05, 0) is 6.92 Å². The number of hydrogen-bond donors (Lipinski definition) is 5. The van der Waals surface area contributed by atoms with Crippen LogP contribution >= 0.6 is 7.82 Å². The maximum absolute atomic E-state index is 11.0. The molecule has 30 heavy (non-hydrogen) atoms. The Bertz CT molecular complexity index is 1070. The van der Waals surface area contributed by atoms with Crippen molar-refractivity contribution in [3.05, 3.63) is 18.1 Å². The van der Waals surface area contributed by atoms with Gasteiger partial charge in [0.2, 0.25) is 0 Å². The average Bonchev–Trinajstić information content (AvgIpc) is 3.07. The summed E-state index contributed by atoms with van der Waals surface area (Å²) in [5.41, 5.74) is 8.36. The lowest BCUT2D eigenvalue weighted by atomic mass is 9.96. The summed E-state index contributed by atoms with van der Waals surface area (Å²) in [6.45, 7) is 7.00. The zero-order valence-electron chi connectivity index (χ0n) is 17.0. The molecule has 1 aliphatic heterocycles. The quantitative estimate of drug-likeness (QED) is 0.246. The van der Waals surface area contributed by atoms with E-state index in [4.69, 9.17) is 20.3 Å². The van der Waals surface area contributed by atoms with Crippen LogP contribution < -0.4 is 5.73 Å². The summed E-state index contributed by atoms with van der Waals surface area (Å²) in [7, 11) is -6.48. The number of nitrogen functional groups attached to an aromatic ring is 1. The minimum atomic E-state index is -4.78. The number of phosphoric ester groups is 1. The van der Waals surface area contributed by atoms with E-state index in [0.29, 0.717) is 16.6 Å². The number of phosphoric acid groups is 1. The van der Waals surface area contributed by atoms with Crippen LogP contribution in [-0.4, -0.2) is 67.0 Å². The van der Waals surface area contributed by atoms with Crippen LogP contribution in [0, 0.1) is 11.5 Å². The topological polar surface area (TPSA) is 173 Å². The molecule has 0 bridgehead atoms. The molecule has 13 heteroatoms. The van der Waals surface area contributed by atoms with Crippen molar-refractivity contribution in [2.75, 3.05) is 12.3 Å². The molecule has 2 aromatic rings. The predicted molar refractivity (Wildman–Crippen MR) is 111 cm³/mol. The minimum absolute atomic E-state index is 0.207. The first-order valence-corrected chi connectivity index (χ1v) is 14.1. The SMILES string of the molecule is C[C@@]1(O)C(O)C(COP(=O)(O)O)OC1n1cc(C#C[Si](C)(C)C)c2c(N)ncnc21. The van der Waals surface area contributed by atoms with E-state index in [-0.39, 0.29) is 5.82 Å². The van der Waals surface area contributed by atoms with E-state index in [1.807, 2.05) is 0 Å². The molecule has 0 aliphatic carbocycles. The maximum Gasteiger partial charge on any atom is 0.469 e. The van der Waals surface area contributed by atoms with Gasteiger partial charge in [0.25, 0.3) is 0 Å². The van der Waals surface area contributed by atoms with Crippen molar-refractivity contribution in [2.45, 2.75) is 50.6 Å². The van der Waals surface area contributed by atoms with Gasteiger partial charge in [0.05, 0.1) is 17.6 Å². The second-order valence-corrected chi connectivity index (χ2v) is 14.4. The third kappa shape index (κ3) is 4.59. The molecule has 164 valence electrons. The molecule has 1 saturated heterocycles. The Morgan fingerprint density at radius 3 is 2.67 bits per heavy atom. The summed E-state index contributed by atoms with van der Waals surface area (Å²) in [6.07, 6.45) is -0.940. The number of aliphatic hydroxyl groups excluding tert-OH is 1. The number of ether oxygens (including phenoxy) is 1. The molecule has 6 N–H and O–H groups in total. The molecule has 11 nitrogen and oxygen atoms in total. The van der Waals surface area contributed by atoms with Crippen molar-refractivity contribution in [1.29, 1.82) is 0 Å². The van der Waals surface area contributed by atoms with E-state index in [9.17, 15) is 14.8 Å². The van der Waals surface area contributed by atoms with Crippen molar-refractivity contribution in [3.63, 3.8) is 0 Å². The van der Waals surface area contributed by atoms with E-state index in [1.54, 1.807) is 6.20 Å². The third-order valence-electron chi connectivity index (χ3n) is 4.63. The van der Waals surface area contributed by atoms with Crippen LogP contribution in [0.15, 0.2) is 12.5 Å². The molecule has 0 spiro atoms. The van der Waals surface area contributed by atoms with Gasteiger partial charge >= 0.3 is 7.82 Å². The fourth-order valence-electron chi connectivity index (χ4n) is 3.19. The van der Waals surface area contributed by atoms with Gasteiger partial charge in [-0.3, -0.25) is 4.52 Å². The number of hydrogen-bond acceptors (Lipinski definition) is 8. The summed E-state index contributed by atoms with van der Waals surface area (Å²) in [5, 5.41) is 21.9. The Kier molecular flexibility index (Phi) is 5.87. The van der Waals surface area contributed by atoms with Gasteiger partial charge < -0.3 is 35.0 Å². The van der Waals surface area contributed by atoms with Gasteiger partial charge in [-0.2, -0.15) is 0 Å². The van der Waals surface area contributed by atoms with Gasteiger partial charge in [-0.1, -0.05) is 25.6 Å². The van der Waals surface area contributed by atoms with Crippen LogP contribution in [0.5, 0.6) is 0 Å². The number of fused-ring (bicyclic) bond motifs is 1. The number of rotatable bonds is 4. The van der Waals surface area contributed by atoms with E-state index in [2.05, 4.69) is 45.6 Å². The van der Waals surface area contributed by atoms with Crippen molar-refractivity contribution in [1.82, 2.24) is 14.5 Å². The highest BCUT2D eigenvalue weighted by atomic mass is 31.2. The molecular formula is C17H25N4O7PSi. The van der Waals surface area contributed by atoms with Crippen molar-refractivity contribution in [2.24, 2.45) is 0 Å². The molecule has 2 aromatic heterocycles. The first-order chi connectivity index (χ1) is 13.7. The number of aromatic nitrogens is 3. The van der Waals surface area contributed by atoms with Crippen LogP contribution in [0.3, 0.4) is 0 Å². The molecule has 3 heterocycles. The van der Waals surface area contributed by atoms with Gasteiger partial charge in [0.15, 0.2) is 6.23 Å². The summed E-state index contributed by atoms with van der Waals surface area (Å²) in [4.78, 5) is 26.1. The summed E-state index contributed by atoms with van der Waals surface area (Å²) in [6, 6.07) is 0. The monoisotopic (exact) mass is 456 g/mol. The minimum Gasteiger partial charge on any atom is -0.387 e. The molecule has 1 fully saturated rings. The largest absolute Gasteiger partial charge is 0.469 e. The van der Waals surface area contributed by atoms with E-state index in [0.717, 1.165) is 0 Å². The predicted octanol–water partition coefficient (Wildman–Crippen LogP) is 0.361. The maximum atomic E-state index is 11.0. The highest BCUT2D eigenvalue weighted by Gasteiger charge is 2.54. The van der Waals surface area contributed by atoms with Crippen LogP contribution in [-0.2, 0) is 13.8 Å². The fourth-order valence-corrected chi connectivity index (χ4v) is 4.04. The average molecular weight is 456 g/mol. The molecular weight excluding hydrogens is 431 g/mol. The van der Waals surface area contributed by atoms with Crippen molar-refractivity contribution >= 4 is 32.7 Å². The second kappa shape index (κ2) is 7.71. The lowest BCUT2D eigenvalue weighted by molar-refractivity contribution is -0.0947. The van der Waals surface area contributed by atoms with Gasteiger partial charge in [-0.15, -0.1) is 5.54 Å². The normalized spacial score (nSPS) is 27.3. The van der Waals surface area contributed by atoms with Crippen LogP contribution in [0.2, 0.25) is 19.6 Å². The Hall–Kier alpha value is -1.81. The van der Waals surface area contributed by atoms with Crippen LogP contribution in [0.25, 0.3) is 11.0 Å². The smallest absolute Gasteiger partial charge is 0.387 e. The first-order valence-electron chi connectivity index (χ1n) is 9.11. The molecule has 0 saturated carbocycles. The lowest BCUT2D eigenvalue weighted by Gasteiger charge is -2.27. The molecule has 4 atom stereocenters. The molecule has 0 radical (unpaired) electrons. The van der Waals surface area contributed by atoms with Crippen molar-refractivity contribution < 1.29 is 33.8 Å². The molecule has 3 unspecified atom stereocenters. The summed E-state index contributed by atoms with van der Waals surface area (Å²) >= 11 is 0. The highest BCUT2D eigenvalue weighted by molar-refractivity contribution is 7.46. The number of nitrogens with two attached hydrogens (primary N) is 1. The molecule has 3 rings (SSSR count).